The quantitative estimate of drug-likeness (QED) is 0.629. The number of carbonyl (C=O) groups is 2. The zero-order valence-electron chi connectivity index (χ0n) is 16.2. The van der Waals surface area contributed by atoms with Gasteiger partial charge in [0.25, 0.3) is 11.5 Å². The van der Waals surface area contributed by atoms with Gasteiger partial charge in [-0.3, -0.25) is 19.1 Å². The number of hydrogen-bond acceptors (Lipinski definition) is 6. The number of likely N-dealkylation sites (N-methyl/N-ethyl adjacent to an activating group) is 1. The third-order valence-corrected chi connectivity index (χ3v) is 4.32. The van der Waals surface area contributed by atoms with Crippen molar-refractivity contribution in [2.45, 2.75) is 33.2 Å². The summed E-state index contributed by atoms with van der Waals surface area (Å²) in [6.45, 7) is 3.47. The monoisotopic (exact) mass is 391 g/mol. The van der Waals surface area contributed by atoms with Gasteiger partial charge in [-0.15, -0.1) is 0 Å². The Labute approximate surface area is 161 Å². The smallest absolute Gasteiger partial charge is 0.355 e. The number of nitrogens with zero attached hydrogens (tertiary/aromatic N) is 3. The molecule has 0 saturated carbocycles. The summed E-state index contributed by atoms with van der Waals surface area (Å²) < 4.78 is 7.85. The lowest BCUT2D eigenvalue weighted by Crippen LogP contribution is -2.42. The molecule has 3 N–H and O–H groups in total. The average Bonchev–Trinajstić information content (AvgIpc) is 3.08. The summed E-state index contributed by atoms with van der Waals surface area (Å²) in [5, 5.41) is 0. The zero-order valence-corrected chi connectivity index (χ0v) is 16.2. The Morgan fingerprint density at radius 2 is 2.00 bits per heavy atom. The molecule has 0 unspecified atom stereocenters. The Balaban J connectivity index is 2.25. The van der Waals surface area contributed by atoms with Crippen molar-refractivity contribution >= 4 is 23.4 Å². The van der Waals surface area contributed by atoms with Crippen LogP contribution in [0.5, 0.6) is 0 Å². The zero-order chi connectivity index (χ0) is 20.8. The van der Waals surface area contributed by atoms with Crippen LogP contribution in [0.25, 0.3) is 0 Å². The molecule has 2 heterocycles. The highest BCUT2D eigenvalue weighted by Crippen LogP contribution is 2.17. The minimum atomic E-state index is -0.765. The van der Waals surface area contributed by atoms with Crippen LogP contribution in [0.4, 0.5) is 11.5 Å². The van der Waals surface area contributed by atoms with Gasteiger partial charge in [-0.05, 0) is 25.5 Å². The topological polar surface area (TPSA) is 132 Å². The second-order valence-corrected chi connectivity index (χ2v) is 6.22. The molecule has 0 saturated heterocycles. The van der Waals surface area contributed by atoms with Gasteiger partial charge in [0.05, 0.1) is 0 Å². The largest absolute Gasteiger partial charge is 0.451 e. The number of aromatic nitrogens is 3. The molecule has 10 nitrogen and oxygen atoms in total. The van der Waals surface area contributed by atoms with Gasteiger partial charge in [0.1, 0.15) is 11.5 Å². The lowest BCUT2D eigenvalue weighted by molar-refractivity contribution is -0.121. The van der Waals surface area contributed by atoms with Crippen LogP contribution in [0.15, 0.2) is 27.9 Å². The van der Waals surface area contributed by atoms with Crippen molar-refractivity contribution in [3.05, 3.63) is 44.9 Å². The normalized spacial score (nSPS) is 10.7. The number of carbonyl (C=O) groups excluding carboxylic acids is 2. The molecule has 2 aromatic rings. The van der Waals surface area contributed by atoms with Crippen molar-refractivity contribution in [1.82, 2.24) is 14.1 Å². The van der Waals surface area contributed by atoms with Crippen molar-refractivity contribution in [2.75, 3.05) is 23.8 Å². The van der Waals surface area contributed by atoms with E-state index in [1.807, 2.05) is 6.92 Å². The summed E-state index contributed by atoms with van der Waals surface area (Å²) in [6, 6.07) is 3.24. The van der Waals surface area contributed by atoms with E-state index in [0.717, 1.165) is 11.3 Å². The van der Waals surface area contributed by atoms with Crippen molar-refractivity contribution in [2.24, 2.45) is 7.05 Å². The lowest BCUT2D eigenvalue weighted by Gasteiger charge is -2.23. The molecule has 0 atom stereocenters. The lowest BCUT2D eigenvalue weighted by atomic mass is 10.3. The standard InChI is InChI=1S/C18H25N5O5/c1-4-6-10-23-15(19)14(16(25)20-18(23)27)22(5-2)13(24)11-28-17(26)12-8-7-9-21(12)3/h7-9H,4-6,10-11,19H2,1-3H3,(H,20,25,27). The van der Waals surface area contributed by atoms with Crippen LogP contribution < -0.4 is 21.9 Å². The van der Waals surface area contributed by atoms with Gasteiger partial charge >= 0.3 is 11.7 Å². The first-order chi connectivity index (χ1) is 13.3. The van der Waals surface area contributed by atoms with E-state index in [4.69, 9.17) is 10.5 Å². The van der Waals surface area contributed by atoms with Gasteiger partial charge in [0, 0.05) is 26.3 Å². The Hall–Kier alpha value is -3.30. The fourth-order valence-electron chi connectivity index (χ4n) is 2.79. The molecule has 1 amide bonds. The Kier molecular flexibility index (Phi) is 6.80. The first-order valence-electron chi connectivity index (χ1n) is 9.03. The number of esters is 1. The van der Waals surface area contributed by atoms with E-state index in [-0.39, 0.29) is 18.1 Å². The van der Waals surface area contributed by atoms with E-state index in [9.17, 15) is 19.2 Å². The van der Waals surface area contributed by atoms with E-state index < -0.39 is 29.7 Å². The number of rotatable bonds is 8. The number of nitrogens with one attached hydrogen (secondary N) is 1. The number of anilines is 2. The van der Waals surface area contributed by atoms with E-state index in [1.54, 1.807) is 36.9 Å². The Morgan fingerprint density at radius 3 is 2.57 bits per heavy atom. The maximum atomic E-state index is 12.6. The third kappa shape index (κ3) is 4.33. The molecule has 0 radical (unpaired) electrons. The molecule has 0 aliphatic rings. The molecule has 0 aliphatic carbocycles. The molecular weight excluding hydrogens is 366 g/mol. The number of amides is 1. The number of unbranched alkanes of at least 4 members (excludes halogenated alkanes) is 1. The fourth-order valence-corrected chi connectivity index (χ4v) is 2.79. The van der Waals surface area contributed by atoms with Crippen LogP contribution in [0.2, 0.25) is 0 Å². The highest BCUT2D eigenvalue weighted by Gasteiger charge is 2.24. The molecule has 0 aromatic carbocycles. The molecule has 0 bridgehead atoms. The molecule has 2 aromatic heterocycles. The summed E-state index contributed by atoms with van der Waals surface area (Å²) in [7, 11) is 1.68. The SMILES string of the molecule is CCCCn1c(N)c(N(CC)C(=O)COC(=O)c2cccn2C)c(=O)[nH]c1=O. The number of nitrogens with two attached hydrogens (primary N) is 1. The summed E-state index contributed by atoms with van der Waals surface area (Å²) in [5.74, 6) is -1.37. The van der Waals surface area contributed by atoms with Gasteiger partial charge in [0.2, 0.25) is 0 Å². The van der Waals surface area contributed by atoms with Crippen LogP contribution in [0.1, 0.15) is 37.2 Å². The van der Waals surface area contributed by atoms with Crippen LogP contribution in [-0.4, -0.2) is 39.1 Å². The number of H-pyrrole nitrogens is 1. The Bertz CT molecular complexity index is 971. The molecular formula is C18H25N5O5. The number of hydrogen-bond donors (Lipinski definition) is 2. The molecule has 28 heavy (non-hydrogen) atoms. The second kappa shape index (κ2) is 9.07. The van der Waals surface area contributed by atoms with Crippen molar-refractivity contribution in [3.63, 3.8) is 0 Å². The van der Waals surface area contributed by atoms with Gasteiger partial charge in [-0.2, -0.15) is 0 Å². The van der Waals surface area contributed by atoms with Gasteiger partial charge in [-0.25, -0.2) is 9.59 Å². The molecule has 2 rings (SSSR count). The Morgan fingerprint density at radius 1 is 1.29 bits per heavy atom. The van der Waals surface area contributed by atoms with E-state index in [2.05, 4.69) is 4.98 Å². The average molecular weight is 391 g/mol. The highest BCUT2D eigenvalue weighted by atomic mass is 16.5. The maximum Gasteiger partial charge on any atom is 0.355 e. The minimum absolute atomic E-state index is 0.0915. The number of aryl methyl sites for hydroxylation is 1. The van der Waals surface area contributed by atoms with Crippen LogP contribution >= 0.6 is 0 Å². The summed E-state index contributed by atoms with van der Waals surface area (Å²) >= 11 is 0. The number of aromatic amines is 1. The molecule has 0 fully saturated rings. The van der Waals surface area contributed by atoms with Gasteiger partial charge in [-0.1, -0.05) is 13.3 Å². The first kappa shape index (κ1) is 21.0. The number of ether oxygens (including phenoxy) is 1. The summed E-state index contributed by atoms with van der Waals surface area (Å²) in [6.07, 6.45) is 3.19. The fraction of sp³-hybridized carbons (Fsp3) is 0.444. The molecule has 10 heteroatoms. The minimum Gasteiger partial charge on any atom is -0.451 e. The molecule has 152 valence electrons. The second-order valence-electron chi connectivity index (χ2n) is 6.22. The number of nitrogen functional groups attached to an aromatic ring is 1. The van der Waals surface area contributed by atoms with Crippen molar-refractivity contribution in [3.8, 4) is 0 Å². The van der Waals surface area contributed by atoms with E-state index in [0.29, 0.717) is 18.7 Å². The predicted molar refractivity (Wildman–Crippen MR) is 104 cm³/mol. The maximum absolute atomic E-state index is 12.6. The third-order valence-electron chi connectivity index (χ3n) is 4.32. The molecule has 0 spiro atoms. The summed E-state index contributed by atoms with van der Waals surface area (Å²) in [4.78, 5) is 52.3. The predicted octanol–water partition coefficient (Wildman–Crippen LogP) is 0.467. The van der Waals surface area contributed by atoms with E-state index >= 15 is 0 Å². The molecule has 0 aliphatic heterocycles. The van der Waals surface area contributed by atoms with E-state index in [1.165, 1.54) is 4.57 Å². The highest BCUT2D eigenvalue weighted by molar-refractivity contribution is 5.98. The van der Waals surface area contributed by atoms with Gasteiger partial charge < -0.3 is 19.9 Å². The van der Waals surface area contributed by atoms with Crippen LogP contribution in [0, 0.1) is 0 Å². The van der Waals surface area contributed by atoms with Crippen LogP contribution in [-0.2, 0) is 23.1 Å². The van der Waals surface area contributed by atoms with Crippen molar-refractivity contribution < 1.29 is 14.3 Å². The van der Waals surface area contributed by atoms with Gasteiger partial charge in [0.15, 0.2) is 12.3 Å². The van der Waals surface area contributed by atoms with Crippen LogP contribution in [0.3, 0.4) is 0 Å². The summed E-state index contributed by atoms with van der Waals surface area (Å²) in [5.41, 5.74) is 4.81. The first-order valence-corrected chi connectivity index (χ1v) is 9.03. The van der Waals surface area contributed by atoms with Crippen molar-refractivity contribution in [1.29, 1.82) is 0 Å².